The number of hydrogen-bond acceptors (Lipinski definition) is 6. The van der Waals surface area contributed by atoms with Crippen LogP contribution in [0.4, 0.5) is 13.2 Å². The number of ether oxygens (including phenoxy) is 2. The Labute approximate surface area is 220 Å². The van der Waals surface area contributed by atoms with Gasteiger partial charge in [-0.15, -0.1) is 0 Å². The van der Waals surface area contributed by atoms with Crippen LogP contribution in [-0.2, 0) is 24.4 Å². The third-order valence-corrected chi connectivity index (χ3v) is 6.37. The zero-order valence-corrected chi connectivity index (χ0v) is 20.9. The van der Waals surface area contributed by atoms with E-state index in [2.05, 4.69) is 15.4 Å². The van der Waals surface area contributed by atoms with E-state index in [4.69, 9.17) is 9.47 Å². The van der Waals surface area contributed by atoms with Gasteiger partial charge in [-0.3, -0.25) is 19.3 Å². The number of nitrogens with one attached hydrogen (secondary N) is 1. The number of benzene rings is 1. The molecule has 1 fully saturated rings. The first-order chi connectivity index (χ1) is 18.8. The number of pyridine rings is 2. The average Bonchev–Trinajstić information content (AvgIpc) is 3.29. The van der Waals surface area contributed by atoms with Crippen molar-refractivity contribution in [3.8, 4) is 5.75 Å². The molecule has 1 aliphatic heterocycles. The van der Waals surface area contributed by atoms with Crippen LogP contribution < -0.4 is 15.6 Å². The Balaban J connectivity index is 1.30. The van der Waals surface area contributed by atoms with Crippen LogP contribution in [0.5, 0.6) is 5.75 Å². The highest BCUT2D eigenvalue weighted by atomic mass is 19.1. The van der Waals surface area contributed by atoms with Crippen LogP contribution in [0.3, 0.4) is 0 Å². The minimum Gasteiger partial charge on any atom is -0.494 e. The summed E-state index contributed by atoms with van der Waals surface area (Å²) in [6.45, 7) is 0.848. The monoisotopic (exact) mass is 539 g/mol. The standard InChI is InChI=1S/C27H24F3N5O4/c1-38-23-6-5-22(29)20(25(23)30)9-32-27(37)21-13-35(33-26(21)17-14-39-15-17)10-16-2-4-19(31-8-16)12-34-11-18(28)3-7-24(34)36/h2-8,11,13,17H,9-10,12,14-15H2,1H3,(H,32,37). The summed E-state index contributed by atoms with van der Waals surface area (Å²) in [7, 11) is 1.27. The van der Waals surface area contributed by atoms with Gasteiger partial charge in [0, 0.05) is 36.8 Å². The van der Waals surface area contributed by atoms with Crippen molar-refractivity contribution in [1.29, 1.82) is 0 Å². The average molecular weight is 540 g/mol. The molecule has 9 nitrogen and oxygen atoms in total. The van der Waals surface area contributed by atoms with Gasteiger partial charge >= 0.3 is 0 Å². The highest BCUT2D eigenvalue weighted by molar-refractivity contribution is 5.95. The predicted molar refractivity (Wildman–Crippen MR) is 133 cm³/mol. The normalized spacial score (nSPS) is 13.2. The molecule has 0 atom stereocenters. The Hall–Kier alpha value is -4.45. The first kappa shape index (κ1) is 26.2. The van der Waals surface area contributed by atoms with Gasteiger partial charge in [0.2, 0.25) is 0 Å². The molecule has 0 aliphatic carbocycles. The molecule has 1 N–H and O–H groups in total. The zero-order chi connectivity index (χ0) is 27.5. The lowest BCUT2D eigenvalue weighted by Crippen LogP contribution is -2.30. The second-order valence-corrected chi connectivity index (χ2v) is 9.06. The van der Waals surface area contributed by atoms with Gasteiger partial charge in [-0.25, -0.2) is 13.2 Å². The number of nitrogens with zero attached hydrogens (tertiary/aromatic N) is 4. The fourth-order valence-electron chi connectivity index (χ4n) is 4.18. The van der Waals surface area contributed by atoms with Crippen LogP contribution in [0.15, 0.2) is 59.8 Å². The second kappa shape index (κ2) is 11.1. The van der Waals surface area contributed by atoms with E-state index in [-0.39, 0.29) is 41.4 Å². The summed E-state index contributed by atoms with van der Waals surface area (Å²) >= 11 is 0. The number of carbonyl (C=O) groups is 1. The van der Waals surface area contributed by atoms with Crippen molar-refractivity contribution in [2.75, 3.05) is 20.3 Å². The molecule has 1 amide bonds. The van der Waals surface area contributed by atoms with E-state index in [1.165, 1.54) is 17.7 Å². The number of rotatable bonds is 9. The molecule has 0 unspecified atom stereocenters. The molecule has 1 aliphatic rings. The van der Waals surface area contributed by atoms with Gasteiger partial charge in [-0.1, -0.05) is 6.07 Å². The van der Waals surface area contributed by atoms with E-state index < -0.39 is 23.4 Å². The third kappa shape index (κ3) is 5.70. The smallest absolute Gasteiger partial charge is 0.255 e. The SMILES string of the molecule is COc1ccc(F)c(CNC(=O)c2cn(Cc3ccc(Cn4cc(F)ccc4=O)nc3)nc2C2COC2)c1F. The van der Waals surface area contributed by atoms with E-state index in [1.807, 2.05) is 0 Å². The number of aromatic nitrogens is 4. The maximum atomic E-state index is 14.5. The van der Waals surface area contributed by atoms with Gasteiger partial charge in [0.1, 0.15) is 11.6 Å². The largest absolute Gasteiger partial charge is 0.494 e. The van der Waals surface area contributed by atoms with Crippen molar-refractivity contribution in [2.45, 2.75) is 25.6 Å². The number of amides is 1. The van der Waals surface area contributed by atoms with E-state index in [0.29, 0.717) is 31.1 Å². The molecule has 4 heterocycles. The quantitative estimate of drug-likeness (QED) is 0.351. The highest BCUT2D eigenvalue weighted by Crippen LogP contribution is 2.27. The van der Waals surface area contributed by atoms with Gasteiger partial charge in [-0.05, 0) is 29.8 Å². The van der Waals surface area contributed by atoms with E-state index >= 15 is 0 Å². The summed E-state index contributed by atoms with van der Waals surface area (Å²) in [6, 6.07) is 8.04. The summed E-state index contributed by atoms with van der Waals surface area (Å²) in [5.41, 5.74) is 1.50. The van der Waals surface area contributed by atoms with Crippen LogP contribution in [-0.4, -0.2) is 45.6 Å². The van der Waals surface area contributed by atoms with Gasteiger partial charge in [0.25, 0.3) is 11.5 Å². The number of carbonyl (C=O) groups excluding carboxylic acids is 1. The molecule has 0 spiro atoms. The molecule has 1 aromatic carbocycles. The van der Waals surface area contributed by atoms with Crippen molar-refractivity contribution in [3.05, 3.63) is 111 Å². The Kier molecular flexibility index (Phi) is 7.46. The van der Waals surface area contributed by atoms with E-state index in [0.717, 1.165) is 30.0 Å². The van der Waals surface area contributed by atoms with Crippen molar-refractivity contribution in [1.82, 2.24) is 24.6 Å². The minimum atomic E-state index is -0.876. The fraction of sp³-hybridized carbons (Fsp3) is 0.259. The fourth-order valence-corrected chi connectivity index (χ4v) is 4.18. The first-order valence-electron chi connectivity index (χ1n) is 12.1. The summed E-state index contributed by atoms with van der Waals surface area (Å²) in [6.07, 6.45) is 4.31. The second-order valence-electron chi connectivity index (χ2n) is 9.06. The lowest BCUT2D eigenvalue weighted by Gasteiger charge is -2.25. The maximum Gasteiger partial charge on any atom is 0.255 e. The molecule has 0 radical (unpaired) electrons. The van der Waals surface area contributed by atoms with Crippen LogP contribution in [0.2, 0.25) is 0 Å². The lowest BCUT2D eigenvalue weighted by molar-refractivity contribution is 0.00620. The van der Waals surface area contributed by atoms with Crippen LogP contribution in [0, 0.1) is 17.5 Å². The topological polar surface area (TPSA) is 100 Å². The molecule has 0 bridgehead atoms. The molecule has 202 valence electrons. The van der Waals surface area contributed by atoms with Gasteiger partial charge in [0.15, 0.2) is 11.6 Å². The number of hydrogen-bond donors (Lipinski definition) is 1. The molecular formula is C27H24F3N5O4. The molecule has 3 aromatic heterocycles. The summed E-state index contributed by atoms with van der Waals surface area (Å²) in [5, 5.41) is 7.14. The summed E-state index contributed by atoms with van der Waals surface area (Å²) < 4.78 is 55.2. The van der Waals surface area contributed by atoms with Crippen LogP contribution in [0.25, 0.3) is 0 Å². The Morgan fingerprint density at radius 3 is 2.62 bits per heavy atom. The van der Waals surface area contributed by atoms with Gasteiger partial charge in [0.05, 0.1) is 56.3 Å². The van der Waals surface area contributed by atoms with Crippen molar-refractivity contribution in [2.24, 2.45) is 0 Å². The lowest BCUT2D eigenvalue weighted by atomic mass is 10.00. The Morgan fingerprint density at radius 2 is 1.92 bits per heavy atom. The first-order valence-corrected chi connectivity index (χ1v) is 12.1. The molecule has 39 heavy (non-hydrogen) atoms. The Morgan fingerprint density at radius 1 is 1.10 bits per heavy atom. The highest BCUT2D eigenvalue weighted by Gasteiger charge is 2.29. The van der Waals surface area contributed by atoms with Gasteiger partial charge < -0.3 is 19.4 Å². The maximum absolute atomic E-state index is 14.5. The van der Waals surface area contributed by atoms with Crippen molar-refractivity contribution < 1.29 is 27.4 Å². The molecule has 1 saturated heterocycles. The number of methoxy groups -OCH3 is 1. The van der Waals surface area contributed by atoms with Crippen molar-refractivity contribution in [3.63, 3.8) is 0 Å². The van der Waals surface area contributed by atoms with Crippen LogP contribution in [0.1, 0.15) is 38.8 Å². The van der Waals surface area contributed by atoms with Crippen LogP contribution >= 0.6 is 0 Å². The molecule has 4 aromatic rings. The molecular weight excluding hydrogens is 515 g/mol. The predicted octanol–water partition coefficient (Wildman–Crippen LogP) is 3.01. The van der Waals surface area contributed by atoms with E-state index in [1.54, 1.807) is 29.2 Å². The van der Waals surface area contributed by atoms with E-state index in [9.17, 15) is 22.8 Å². The zero-order valence-electron chi connectivity index (χ0n) is 20.9. The number of halogens is 3. The van der Waals surface area contributed by atoms with Crippen molar-refractivity contribution >= 4 is 5.91 Å². The minimum absolute atomic E-state index is 0.0811. The Bertz CT molecular complexity index is 1560. The molecule has 5 rings (SSSR count). The summed E-state index contributed by atoms with van der Waals surface area (Å²) in [5.74, 6) is -2.92. The third-order valence-electron chi connectivity index (χ3n) is 6.37. The molecule has 0 saturated carbocycles. The molecule has 12 heteroatoms. The summed E-state index contributed by atoms with van der Waals surface area (Å²) in [4.78, 5) is 29.3. The van der Waals surface area contributed by atoms with Gasteiger partial charge in [-0.2, -0.15) is 5.10 Å².